The standard InChI is InChI=1S/C63H37F3N4/c64-63(65,66)51-30-40(38-67)29-49(31-51)50-36-61(69-57-25-21-45(41-13-5-1-6-14-41)32-52(57)53-33-46(22-26-58(53)69)42-15-7-2-8-16-42)56(39-68)62(37-50)70-59-27-23-47(43-17-9-3-10-18-43)34-54(59)55-35-48(24-28-60(55)70)44-19-11-4-12-20-44/h1-37H. The zero-order chi connectivity index (χ0) is 47.5. The van der Waals surface area contributed by atoms with E-state index in [1.807, 2.05) is 78.9 Å². The third kappa shape index (κ3) is 7.17. The molecule has 0 unspecified atom stereocenters. The second-order valence-electron chi connectivity index (χ2n) is 17.5. The fraction of sp³-hybridized carbons (Fsp3) is 0.0159. The maximum atomic E-state index is 14.7. The third-order valence-corrected chi connectivity index (χ3v) is 13.4. The Bertz CT molecular complexity index is 3690. The van der Waals surface area contributed by atoms with E-state index >= 15 is 0 Å². The van der Waals surface area contributed by atoms with Gasteiger partial charge in [-0.1, -0.05) is 146 Å². The van der Waals surface area contributed by atoms with Gasteiger partial charge < -0.3 is 9.13 Å². The molecule has 0 aliphatic carbocycles. The Hall–Kier alpha value is -9.43. The Morgan fingerprint density at radius 3 is 0.943 bits per heavy atom. The summed E-state index contributed by atoms with van der Waals surface area (Å²) in [6, 6.07) is 77.3. The van der Waals surface area contributed by atoms with Crippen LogP contribution < -0.4 is 0 Å². The van der Waals surface area contributed by atoms with Gasteiger partial charge in [0.2, 0.25) is 0 Å². The molecular weight excluding hydrogens is 870 g/mol. The average molecular weight is 907 g/mol. The average Bonchev–Trinajstić information content (AvgIpc) is 3.92. The highest BCUT2D eigenvalue weighted by atomic mass is 19.4. The van der Waals surface area contributed by atoms with Crippen molar-refractivity contribution < 1.29 is 13.2 Å². The van der Waals surface area contributed by atoms with E-state index in [1.54, 1.807) is 12.1 Å². The molecule has 0 saturated carbocycles. The van der Waals surface area contributed by atoms with Gasteiger partial charge in [-0.25, -0.2) is 0 Å². The second kappa shape index (κ2) is 16.7. The largest absolute Gasteiger partial charge is 0.416 e. The molecule has 0 aliphatic heterocycles. The Labute approximate surface area is 401 Å². The molecule has 4 nitrogen and oxygen atoms in total. The number of hydrogen-bond acceptors (Lipinski definition) is 2. The Morgan fingerprint density at radius 1 is 0.314 bits per heavy atom. The number of aromatic nitrogens is 2. The highest BCUT2D eigenvalue weighted by molar-refractivity contribution is 6.14. The van der Waals surface area contributed by atoms with Gasteiger partial charge in [-0.15, -0.1) is 0 Å². The normalized spacial score (nSPS) is 11.6. The van der Waals surface area contributed by atoms with E-state index in [-0.39, 0.29) is 11.1 Å². The molecule has 0 aliphatic rings. The van der Waals surface area contributed by atoms with E-state index in [0.29, 0.717) is 22.5 Å². The van der Waals surface area contributed by atoms with Crippen molar-refractivity contribution in [1.82, 2.24) is 9.13 Å². The van der Waals surface area contributed by atoms with Crippen LogP contribution in [0.4, 0.5) is 13.2 Å². The molecule has 0 spiro atoms. The molecule has 70 heavy (non-hydrogen) atoms. The Morgan fingerprint density at radius 2 is 0.643 bits per heavy atom. The van der Waals surface area contributed by atoms with Gasteiger partial charge in [0.1, 0.15) is 11.6 Å². The summed E-state index contributed by atoms with van der Waals surface area (Å²) in [6.45, 7) is 0. The molecule has 0 amide bonds. The van der Waals surface area contributed by atoms with E-state index in [9.17, 15) is 23.7 Å². The topological polar surface area (TPSA) is 57.4 Å². The molecule has 2 heterocycles. The van der Waals surface area contributed by atoms with Crippen LogP contribution in [0.25, 0.3) is 111 Å². The molecule has 0 atom stereocenters. The summed E-state index contributed by atoms with van der Waals surface area (Å²) in [7, 11) is 0. The lowest BCUT2D eigenvalue weighted by Crippen LogP contribution is -2.07. The van der Waals surface area contributed by atoms with Gasteiger partial charge in [0.15, 0.2) is 0 Å². The van der Waals surface area contributed by atoms with Crippen LogP contribution in [0.2, 0.25) is 0 Å². The first-order valence-corrected chi connectivity index (χ1v) is 22.8. The molecule has 10 aromatic carbocycles. The number of nitrogens with zero attached hydrogens (tertiary/aromatic N) is 4. The highest BCUT2D eigenvalue weighted by Gasteiger charge is 2.32. The molecular formula is C63H37F3N4. The highest BCUT2D eigenvalue weighted by Crippen LogP contribution is 2.44. The van der Waals surface area contributed by atoms with Gasteiger partial charge in [-0.2, -0.15) is 23.7 Å². The van der Waals surface area contributed by atoms with Crippen molar-refractivity contribution in [3.8, 4) is 79.1 Å². The molecule has 0 radical (unpaired) electrons. The van der Waals surface area contributed by atoms with Crippen LogP contribution in [-0.4, -0.2) is 9.13 Å². The van der Waals surface area contributed by atoms with Crippen molar-refractivity contribution in [2.75, 3.05) is 0 Å². The minimum Gasteiger partial charge on any atom is -0.308 e. The van der Waals surface area contributed by atoms with Crippen LogP contribution in [-0.2, 0) is 6.18 Å². The number of halogens is 3. The maximum absolute atomic E-state index is 14.7. The summed E-state index contributed by atoms with van der Waals surface area (Å²) in [5, 5.41) is 25.6. The van der Waals surface area contributed by atoms with Gasteiger partial charge in [-0.3, -0.25) is 0 Å². The van der Waals surface area contributed by atoms with Crippen LogP contribution in [0.3, 0.4) is 0 Å². The lowest BCUT2D eigenvalue weighted by molar-refractivity contribution is -0.137. The third-order valence-electron chi connectivity index (χ3n) is 13.4. The SMILES string of the molecule is N#Cc1cc(-c2cc(-n3c4ccc(-c5ccccc5)cc4c4cc(-c5ccccc5)ccc43)c(C#N)c(-n3c4ccc(-c5ccccc5)cc4c4cc(-c5ccccc5)ccc43)c2)cc(C(F)(F)F)c1. The van der Waals surface area contributed by atoms with Crippen molar-refractivity contribution in [2.45, 2.75) is 6.18 Å². The first-order valence-electron chi connectivity index (χ1n) is 22.8. The predicted molar refractivity (Wildman–Crippen MR) is 277 cm³/mol. The van der Waals surface area contributed by atoms with Gasteiger partial charge >= 0.3 is 6.18 Å². The summed E-state index contributed by atoms with van der Waals surface area (Å²) < 4.78 is 48.2. The summed E-state index contributed by atoms with van der Waals surface area (Å²) in [5.41, 5.74) is 12.2. The number of benzene rings is 10. The molecule has 2 aromatic heterocycles. The summed E-state index contributed by atoms with van der Waals surface area (Å²) in [6.07, 6.45) is -4.72. The van der Waals surface area contributed by atoms with E-state index in [1.165, 1.54) is 6.07 Å². The second-order valence-corrected chi connectivity index (χ2v) is 17.5. The monoisotopic (exact) mass is 906 g/mol. The predicted octanol–water partition coefficient (Wildman–Crippen LogP) is 17.0. The smallest absolute Gasteiger partial charge is 0.308 e. The van der Waals surface area contributed by atoms with Gasteiger partial charge in [-0.05, 0) is 134 Å². The number of fused-ring (bicyclic) bond motifs is 6. The molecule has 12 rings (SSSR count). The van der Waals surface area contributed by atoms with Crippen LogP contribution in [0.1, 0.15) is 16.7 Å². The number of hydrogen-bond donors (Lipinski definition) is 0. The number of alkyl halides is 3. The fourth-order valence-electron chi connectivity index (χ4n) is 10.1. The number of nitriles is 2. The van der Waals surface area contributed by atoms with Crippen LogP contribution in [0.5, 0.6) is 0 Å². The van der Waals surface area contributed by atoms with Gasteiger partial charge in [0.25, 0.3) is 0 Å². The minimum absolute atomic E-state index is 0.130. The van der Waals surface area contributed by atoms with Crippen molar-refractivity contribution in [2.24, 2.45) is 0 Å². The van der Waals surface area contributed by atoms with E-state index in [0.717, 1.165) is 100 Å². The summed E-state index contributed by atoms with van der Waals surface area (Å²) in [5.74, 6) is 0. The van der Waals surface area contributed by atoms with E-state index in [2.05, 4.69) is 137 Å². The first kappa shape index (κ1) is 42.0. The Kier molecular flexibility index (Phi) is 10.0. The molecule has 0 fully saturated rings. The van der Waals surface area contributed by atoms with E-state index < -0.39 is 11.7 Å². The summed E-state index contributed by atoms with van der Waals surface area (Å²) >= 11 is 0. The van der Waals surface area contributed by atoms with Crippen LogP contribution in [0, 0.1) is 22.7 Å². The molecule has 330 valence electrons. The van der Waals surface area contributed by atoms with Crippen molar-refractivity contribution in [3.63, 3.8) is 0 Å². The molecule has 0 bridgehead atoms. The van der Waals surface area contributed by atoms with Gasteiger partial charge in [0, 0.05) is 21.5 Å². The zero-order valence-corrected chi connectivity index (χ0v) is 37.3. The van der Waals surface area contributed by atoms with Crippen molar-refractivity contribution in [1.29, 1.82) is 10.5 Å². The van der Waals surface area contributed by atoms with Crippen LogP contribution in [0.15, 0.2) is 224 Å². The van der Waals surface area contributed by atoms with Crippen molar-refractivity contribution in [3.05, 3.63) is 241 Å². The van der Waals surface area contributed by atoms with Gasteiger partial charge in [0.05, 0.1) is 50.6 Å². The zero-order valence-electron chi connectivity index (χ0n) is 37.3. The molecule has 7 heteroatoms. The van der Waals surface area contributed by atoms with Crippen molar-refractivity contribution >= 4 is 43.6 Å². The molecule has 0 saturated heterocycles. The minimum atomic E-state index is -4.72. The summed E-state index contributed by atoms with van der Waals surface area (Å²) in [4.78, 5) is 0. The molecule has 12 aromatic rings. The first-order chi connectivity index (χ1) is 34.2. The molecule has 0 N–H and O–H groups in total. The van der Waals surface area contributed by atoms with Crippen LogP contribution >= 0.6 is 0 Å². The lowest BCUT2D eigenvalue weighted by atomic mass is 9.96. The Balaban J connectivity index is 1.20. The lowest BCUT2D eigenvalue weighted by Gasteiger charge is -2.19. The quantitative estimate of drug-likeness (QED) is 0.160. The maximum Gasteiger partial charge on any atom is 0.416 e. The van der Waals surface area contributed by atoms with E-state index in [4.69, 9.17) is 0 Å². The fourth-order valence-corrected chi connectivity index (χ4v) is 10.1. The number of rotatable bonds is 7.